The molecule has 0 bridgehead atoms. The molecule has 54 valence electrons. The van der Waals surface area contributed by atoms with Gasteiger partial charge in [0.25, 0.3) is 5.91 Å². The van der Waals surface area contributed by atoms with Gasteiger partial charge in [-0.1, -0.05) is 0 Å². The standard InChI is InChI=1S/C2H3F2NO3S.Na/c3-2(4,1(5)6)9(7)8;/h(H2,5,6)(H,7,8);/q;+1/p-1. The van der Waals surface area contributed by atoms with Crippen LogP contribution in [0.2, 0.25) is 0 Å². The number of halogens is 2. The molecule has 0 aliphatic heterocycles. The SMILES string of the molecule is NC(=O)C(F)(F)S(=O)[O-].[Na+]. The zero-order valence-electron chi connectivity index (χ0n) is 4.97. The third-order valence-electron chi connectivity index (χ3n) is 0.496. The predicted molar refractivity (Wildman–Crippen MR) is 23.1 cm³/mol. The normalized spacial score (nSPS) is 13.5. The molecule has 0 saturated carbocycles. The van der Waals surface area contributed by atoms with Crippen molar-refractivity contribution in [1.82, 2.24) is 0 Å². The van der Waals surface area contributed by atoms with Crippen molar-refractivity contribution in [1.29, 1.82) is 0 Å². The molecule has 0 spiro atoms. The van der Waals surface area contributed by atoms with Gasteiger partial charge in [-0.25, -0.2) is 0 Å². The number of nitrogens with two attached hydrogens (primary N) is 1. The summed E-state index contributed by atoms with van der Waals surface area (Å²) < 4.78 is 42.0. The first-order valence-electron chi connectivity index (χ1n) is 1.66. The predicted octanol–water partition coefficient (Wildman–Crippen LogP) is -4.05. The van der Waals surface area contributed by atoms with E-state index in [-0.39, 0.29) is 29.6 Å². The van der Waals surface area contributed by atoms with Crippen LogP contribution >= 0.6 is 0 Å². The van der Waals surface area contributed by atoms with Crippen molar-refractivity contribution in [2.75, 3.05) is 0 Å². The Bertz CT molecular complexity index is 147. The molecule has 2 N–H and O–H groups in total. The van der Waals surface area contributed by atoms with Crippen LogP contribution < -0.4 is 35.3 Å². The average molecular weight is 181 g/mol. The van der Waals surface area contributed by atoms with Gasteiger partial charge in [-0.15, -0.1) is 0 Å². The number of hydrogen-bond donors (Lipinski definition) is 1. The first-order chi connectivity index (χ1) is 3.89. The molecule has 10 heavy (non-hydrogen) atoms. The topological polar surface area (TPSA) is 83.2 Å². The van der Waals surface area contributed by atoms with Crippen LogP contribution in [0.3, 0.4) is 0 Å². The third kappa shape index (κ3) is 3.02. The number of carbonyl (C=O) groups is 1. The van der Waals surface area contributed by atoms with Crippen molar-refractivity contribution in [2.45, 2.75) is 5.25 Å². The van der Waals surface area contributed by atoms with Gasteiger partial charge in [0.15, 0.2) is 0 Å². The van der Waals surface area contributed by atoms with E-state index in [1.807, 2.05) is 0 Å². The van der Waals surface area contributed by atoms with E-state index in [9.17, 15) is 22.3 Å². The van der Waals surface area contributed by atoms with Gasteiger partial charge in [0.2, 0.25) is 0 Å². The summed E-state index contributed by atoms with van der Waals surface area (Å²) in [6.07, 6.45) is 0. The van der Waals surface area contributed by atoms with E-state index >= 15 is 0 Å². The third-order valence-corrected chi connectivity index (χ3v) is 1.12. The maximum Gasteiger partial charge on any atom is 1.00 e. The van der Waals surface area contributed by atoms with E-state index < -0.39 is 22.2 Å². The second-order valence-electron chi connectivity index (χ2n) is 1.12. The molecule has 4 nitrogen and oxygen atoms in total. The fraction of sp³-hybridized carbons (Fsp3) is 0.500. The van der Waals surface area contributed by atoms with Crippen molar-refractivity contribution >= 4 is 17.0 Å². The fourth-order valence-electron chi connectivity index (χ4n) is 0.0821. The van der Waals surface area contributed by atoms with Gasteiger partial charge in [0, 0.05) is 11.1 Å². The molecular formula is C2H2F2NNaO3S. The van der Waals surface area contributed by atoms with Gasteiger partial charge in [-0.3, -0.25) is 9.00 Å². The molecule has 0 aliphatic rings. The van der Waals surface area contributed by atoms with Gasteiger partial charge < -0.3 is 10.3 Å². The van der Waals surface area contributed by atoms with Gasteiger partial charge >= 0.3 is 34.8 Å². The second-order valence-corrected chi connectivity index (χ2v) is 2.10. The van der Waals surface area contributed by atoms with Gasteiger partial charge in [-0.2, -0.15) is 8.78 Å². The summed E-state index contributed by atoms with van der Waals surface area (Å²) in [4.78, 5) is 9.54. The van der Waals surface area contributed by atoms with Crippen molar-refractivity contribution in [3.05, 3.63) is 0 Å². The number of primary amides is 1. The van der Waals surface area contributed by atoms with Crippen LogP contribution in [0.25, 0.3) is 0 Å². The van der Waals surface area contributed by atoms with E-state index in [4.69, 9.17) is 0 Å². The molecule has 0 saturated heterocycles. The molecule has 0 aliphatic carbocycles. The largest absolute Gasteiger partial charge is 1.00 e. The number of hydrogen-bond acceptors (Lipinski definition) is 3. The molecule has 0 aromatic rings. The average Bonchev–Trinajstić information content (AvgIpc) is 1.65. The molecule has 0 heterocycles. The number of amides is 1. The molecule has 0 aromatic carbocycles. The molecular weight excluding hydrogens is 179 g/mol. The smallest absolute Gasteiger partial charge is 0.768 e. The maximum absolute atomic E-state index is 11.6. The quantitative estimate of drug-likeness (QED) is 0.347. The Hall–Kier alpha value is 0.440. The Morgan fingerprint density at radius 3 is 1.90 bits per heavy atom. The van der Waals surface area contributed by atoms with Gasteiger partial charge in [-0.05, 0) is 0 Å². The molecule has 1 amide bonds. The Morgan fingerprint density at radius 2 is 1.90 bits per heavy atom. The second kappa shape index (κ2) is 4.35. The number of carbonyl (C=O) groups excluding carboxylic acids is 1. The summed E-state index contributed by atoms with van der Waals surface area (Å²) in [6.45, 7) is 0. The first-order valence-corrected chi connectivity index (χ1v) is 2.73. The Labute approximate surface area is 79.7 Å². The summed E-state index contributed by atoms with van der Waals surface area (Å²) in [5.41, 5.74) is 3.99. The van der Waals surface area contributed by atoms with Gasteiger partial charge in [0.05, 0.1) is 0 Å². The molecule has 0 rings (SSSR count). The zero-order chi connectivity index (χ0) is 7.65. The number of alkyl halides is 2. The van der Waals surface area contributed by atoms with Crippen molar-refractivity contribution < 1.29 is 51.9 Å². The minimum Gasteiger partial charge on any atom is -0.768 e. The molecule has 8 heteroatoms. The maximum atomic E-state index is 11.6. The van der Waals surface area contributed by atoms with Crippen LogP contribution in [0.4, 0.5) is 8.78 Å². The van der Waals surface area contributed by atoms with Crippen molar-refractivity contribution in [2.24, 2.45) is 5.73 Å². The first kappa shape index (κ1) is 13.1. The summed E-state index contributed by atoms with van der Waals surface area (Å²) in [7, 11) is 0. The molecule has 0 radical (unpaired) electrons. The molecule has 1 unspecified atom stereocenters. The summed E-state index contributed by atoms with van der Waals surface area (Å²) >= 11 is -3.76. The van der Waals surface area contributed by atoms with E-state index in [1.54, 1.807) is 0 Å². The molecule has 0 fully saturated rings. The Balaban J connectivity index is 0. The van der Waals surface area contributed by atoms with E-state index in [2.05, 4.69) is 5.73 Å². The molecule has 1 atom stereocenters. The minimum absolute atomic E-state index is 0. The molecule has 0 aromatic heterocycles. The van der Waals surface area contributed by atoms with Crippen molar-refractivity contribution in [3.63, 3.8) is 0 Å². The number of rotatable bonds is 2. The van der Waals surface area contributed by atoms with E-state index in [0.717, 1.165) is 0 Å². The zero-order valence-corrected chi connectivity index (χ0v) is 7.78. The minimum atomic E-state index is -4.44. The van der Waals surface area contributed by atoms with Crippen LogP contribution in [0.15, 0.2) is 0 Å². The van der Waals surface area contributed by atoms with E-state index in [1.165, 1.54) is 0 Å². The van der Waals surface area contributed by atoms with Crippen LogP contribution in [0.5, 0.6) is 0 Å². The Morgan fingerprint density at radius 1 is 1.60 bits per heavy atom. The monoisotopic (exact) mass is 181 g/mol. The van der Waals surface area contributed by atoms with Crippen LogP contribution in [0.1, 0.15) is 0 Å². The summed E-state index contributed by atoms with van der Waals surface area (Å²) in [5.74, 6) is -2.17. The van der Waals surface area contributed by atoms with Crippen molar-refractivity contribution in [3.8, 4) is 0 Å². The fourth-order valence-corrected chi connectivity index (χ4v) is 0.246. The van der Waals surface area contributed by atoms with E-state index in [0.29, 0.717) is 0 Å². The van der Waals surface area contributed by atoms with Crippen LogP contribution in [0, 0.1) is 0 Å². The van der Waals surface area contributed by atoms with Gasteiger partial charge in [0.1, 0.15) is 0 Å². The van der Waals surface area contributed by atoms with Crippen LogP contribution in [-0.2, 0) is 15.9 Å². The summed E-state index contributed by atoms with van der Waals surface area (Å²) in [5, 5.41) is -4.44. The summed E-state index contributed by atoms with van der Waals surface area (Å²) in [6, 6.07) is 0. The Kier molecular flexibility index (Phi) is 5.68. The van der Waals surface area contributed by atoms with Crippen LogP contribution in [-0.4, -0.2) is 19.9 Å².